The molecule has 2 nitrogen and oxygen atoms in total. The molecule has 0 spiro atoms. The van der Waals surface area contributed by atoms with Crippen LogP contribution in [-0.2, 0) is 9.53 Å². The molecule has 4 rings (SSSR count). The fourth-order valence-corrected chi connectivity index (χ4v) is 11.6. The van der Waals surface area contributed by atoms with Gasteiger partial charge in [0.1, 0.15) is 0 Å². The van der Waals surface area contributed by atoms with E-state index >= 15 is 0 Å². The van der Waals surface area contributed by atoms with Crippen LogP contribution in [0.1, 0.15) is 27.7 Å². The van der Waals surface area contributed by atoms with Gasteiger partial charge in [-0.05, 0) is 0 Å². The van der Waals surface area contributed by atoms with Crippen molar-refractivity contribution in [1.82, 2.24) is 0 Å². The summed E-state index contributed by atoms with van der Waals surface area (Å²) in [7, 11) is -2.58. The zero-order chi connectivity index (χ0) is 23.6. The number of hydrogen-bond acceptors (Lipinski definition) is 2. The van der Waals surface area contributed by atoms with Gasteiger partial charge < -0.3 is 0 Å². The quantitative estimate of drug-likeness (QED) is 0.185. The first kappa shape index (κ1) is 23.2. The monoisotopic (exact) mass is 456 g/mol. The fraction of sp³-hybridized carbons (Fsp3) is 0.233. The molecule has 1 atom stereocenters. The summed E-state index contributed by atoms with van der Waals surface area (Å²) in [5.41, 5.74) is 0.0173. The van der Waals surface area contributed by atoms with Crippen molar-refractivity contribution in [2.45, 2.75) is 38.5 Å². The first-order chi connectivity index (χ1) is 15.8. The van der Waals surface area contributed by atoms with E-state index in [2.05, 4.69) is 112 Å². The van der Waals surface area contributed by atoms with E-state index < -0.39 is 7.26 Å². The van der Waals surface area contributed by atoms with Crippen LogP contribution in [0.25, 0.3) is 21.5 Å². The van der Waals surface area contributed by atoms with E-state index in [1.54, 1.807) is 0 Å². The minimum absolute atomic E-state index is 0.0173. The molecule has 0 aliphatic heterocycles. The van der Waals surface area contributed by atoms with E-state index in [9.17, 15) is 4.79 Å². The van der Waals surface area contributed by atoms with Crippen molar-refractivity contribution in [3.05, 3.63) is 97.6 Å². The standard InChI is InChI=1S/C30H33O2P/c1-6-27(21-32-22(2)31)33(30(3,4)5,28-17-15-23-11-7-9-13-25(23)19-28)29-18-16-24-12-8-10-14-26(24)20-29/h6-20,27,33H,1,21H2,2-5H3. The molecule has 4 aromatic rings. The average Bonchev–Trinajstić information content (AvgIpc) is 2.80. The molecule has 0 saturated carbocycles. The van der Waals surface area contributed by atoms with Crippen LogP contribution in [0.4, 0.5) is 0 Å². The third-order valence-corrected chi connectivity index (χ3v) is 13.2. The second kappa shape index (κ2) is 9.12. The van der Waals surface area contributed by atoms with Gasteiger partial charge in [0, 0.05) is 0 Å². The van der Waals surface area contributed by atoms with E-state index in [1.807, 2.05) is 6.08 Å². The molecular formula is C30H33O2P. The molecule has 0 saturated heterocycles. The summed E-state index contributed by atoms with van der Waals surface area (Å²) in [6, 6.07) is 30.7. The molecule has 33 heavy (non-hydrogen) atoms. The van der Waals surface area contributed by atoms with Gasteiger partial charge in [-0.1, -0.05) is 0 Å². The number of carbonyl (C=O) groups excluding carboxylic acids is 1. The average molecular weight is 457 g/mol. The van der Waals surface area contributed by atoms with Gasteiger partial charge in [0.25, 0.3) is 0 Å². The summed E-state index contributed by atoms with van der Waals surface area (Å²) >= 11 is 0. The Balaban J connectivity index is 2.06. The Morgan fingerprint density at radius 3 is 1.70 bits per heavy atom. The van der Waals surface area contributed by atoms with Gasteiger partial charge >= 0.3 is 198 Å². The number of esters is 1. The Hall–Kier alpha value is -2.96. The summed E-state index contributed by atoms with van der Waals surface area (Å²) in [4.78, 5) is 11.8. The predicted molar refractivity (Wildman–Crippen MR) is 146 cm³/mol. The molecule has 4 aromatic carbocycles. The van der Waals surface area contributed by atoms with Crippen molar-refractivity contribution >= 4 is 45.4 Å². The topological polar surface area (TPSA) is 26.3 Å². The second-order valence-electron chi connectivity index (χ2n) is 9.83. The molecular weight excluding hydrogens is 423 g/mol. The predicted octanol–water partition coefficient (Wildman–Crippen LogP) is 6.61. The molecule has 0 heterocycles. The van der Waals surface area contributed by atoms with E-state index in [0.29, 0.717) is 6.61 Å². The zero-order valence-corrected chi connectivity index (χ0v) is 21.0. The van der Waals surface area contributed by atoms with Crippen LogP contribution >= 0.6 is 7.26 Å². The molecule has 0 fully saturated rings. The van der Waals surface area contributed by atoms with Crippen molar-refractivity contribution in [3.8, 4) is 0 Å². The van der Waals surface area contributed by atoms with Crippen molar-refractivity contribution in [3.63, 3.8) is 0 Å². The van der Waals surface area contributed by atoms with Gasteiger partial charge in [-0.2, -0.15) is 0 Å². The third kappa shape index (κ3) is 4.21. The van der Waals surface area contributed by atoms with Crippen LogP contribution in [0.2, 0.25) is 0 Å². The van der Waals surface area contributed by atoms with Crippen molar-refractivity contribution in [2.24, 2.45) is 0 Å². The number of fused-ring (bicyclic) bond motifs is 2. The Morgan fingerprint density at radius 2 is 1.30 bits per heavy atom. The summed E-state index contributed by atoms with van der Waals surface area (Å²) in [5.74, 6) is -0.254. The molecule has 0 aliphatic carbocycles. The number of hydrogen-bond donors (Lipinski definition) is 0. The molecule has 0 aliphatic rings. The number of benzene rings is 4. The summed E-state index contributed by atoms with van der Waals surface area (Å²) < 4.78 is 5.64. The van der Waals surface area contributed by atoms with E-state index in [-0.39, 0.29) is 16.8 Å². The van der Waals surface area contributed by atoms with Crippen LogP contribution in [0.5, 0.6) is 0 Å². The number of carbonyl (C=O) groups is 1. The van der Waals surface area contributed by atoms with Gasteiger partial charge in [-0.25, -0.2) is 0 Å². The molecule has 0 N–H and O–H groups in total. The summed E-state index contributed by atoms with van der Waals surface area (Å²) in [5, 5.41) is 7.51. The number of rotatable bonds is 6. The second-order valence-corrected chi connectivity index (χ2v) is 14.8. The van der Waals surface area contributed by atoms with Gasteiger partial charge in [-0.3, -0.25) is 0 Å². The Labute approximate surface area is 197 Å². The SMILES string of the molecule is C=CC(COC(C)=O)[PH](c1ccc2ccccc2c1)(c1ccc2ccccc2c1)C(C)(C)C. The molecule has 0 radical (unpaired) electrons. The van der Waals surface area contributed by atoms with Crippen molar-refractivity contribution in [1.29, 1.82) is 0 Å². The first-order valence-electron chi connectivity index (χ1n) is 11.5. The van der Waals surface area contributed by atoms with Crippen LogP contribution in [0.3, 0.4) is 0 Å². The van der Waals surface area contributed by atoms with Crippen molar-refractivity contribution in [2.75, 3.05) is 6.61 Å². The van der Waals surface area contributed by atoms with E-state index in [0.717, 1.165) is 0 Å². The van der Waals surface area contributed by atoms with Gasteiger partial charge in [0.15, 0.2) is 0 Å². The van der Waals surface area contributed by atoms with E-state index in [4.69, 9.17) is 4.74 Å². The summed E-state index contributed by atoms with van der Waals surface area (Å²) in [6.07, 6.45) is 2.02. The van der Waals surface area contributed by atoms with Gasteiger partial charge in [0.05, 0.1) is 0 Å². The third-order valence-electron chi connectivity index (χ3n) is 6.90. The maximum atomic E-state index is 11.8. The molecule has 3 heteroatoms. The molecule has 1 unspecified atom stereocenters. The normalized spacial score (nSPS) is 13.6. The minimum atomic E-state index is -2.58. The Morgan fingerprint density at radius 1 is 0.848 bits per heavy atom. The Kier molecular flexibility index (Phi) is 6.41. The van der Waals surface area contributed by atoms with Gasteiger partial charge in [-0.15, -0.1) is 0 Å². The molecule has 0 bridgehead atoms. The Bertz CT molecular complexity index is 1240. The molecule has 0 amide bonds. The molecule has 0 aromatic heterocycles. The van der Waals surface area contributed by atoms with Crippen LogP contribution < -0.4 is 10.6 Å². The fourth-order valence-electron chi connectivity index (χ4n) is 5.46. The van der Waals surface area contributed by atoms with Crippen LogP contribution in [0, 0.1) is 0 Å². The molecule has 170 valence electrons. The zero-order valence-electron chi connectivity index (χ0n) is 20.0. The van der Waals surface area contributed by atoms with Crippen molar-refractivity contribution < 1.29 is 9.53 Å². The first-order valence-corrected chi connectivity index (χ1v) is 13.6. The number of ether oxygens (including phenoxy) is 1. The van der Waals surface area contributed by atoms with Crippen LogP contribution in [0.15, 0.2) is 97.6 Å². The summed E-state index contributed by atoms with van der Waals surface area (Å²) in [6.45, 7) is 13.0. The van der Waals surface area contributed by atoms with Gasteiger partial charge in [0.2, 0.25) is 0 Å². The maximum absolute atomic E-state index is 11.8. The van der Waals surface area contributed by atoms with E-state index in [1.165, 1.54) is 39.1 Å². The van der Waals surface area contributed by atoms with Crippen LogP contribution in [-0.4, -0.2) is 23.4 Å².